The molecule has 1 amide bonds. The second-order valence-electron chi connectivity index (χ2n) is 9.17. The van der Waals surface area contributed by atoms with Gasteiger partial charge in [-0.1, -0.05) is 24.3 Å². The van der Waals surface area contributed by atoms with E-state index in [-0.39, 0.29) is 5.91 Å². The smallest absolute Gasteiger partial charge is 0.308 e. The number of aryl methyl sites for hydroxylation is 4. The zero-order valence-electron chi connectivity index (χ0n) is 22.5. The molecule has 2 N–H and O–H groups in total. The zero-order valence-corrected chi connectivity index (χ0v) is 22.5. The van der Waals surface area contributed by atoms with Gasteiger partial charge in [0.25, 0.3) is 0 Å². The zero-order chi connectivity index (χ0) is 27.4. The van der Waals surface area contributed by atoms with Crippen LogP contribution in [0.25, 0.3) is 11.7 Å². The lowest BCUT2D eigenvalue weighted by atomic mass is 10.0. The van der Waals surface area contributed by atoms with Crippen molar-refractivity contribution in [2.45, 2.75) is 41.2 Å². The molecular formula is C30H32N4O4. The second kappa shape index (κ2) is 11.2. The minimum atomic E-state index is -0.436. The molecule has 0 bridgehead atoms. The number of methoxy groups -OCH3 is 1. The van der Waals surface area contributed by atoms with Crippen LogP contribution in [0.15, 0.2) is 54.7 Å². The van der Waals surface area contributed by atoms with Crippen molar-refractivity contribution in [1.82, 2.24) is 9.38 Å². The molecule has 196 valence electrons. The number of carbonyl (C=O) groups excluding carboxylic acids is 2. The van der Waals surface area contributed by atoms with Crippen molar-refractivity contribution >= 4 is 35.0 Å². The summed E-state index contributed by atoms with van der Waals surface area (Å²) >= 11 is 0. The summed E-state index contributed by atoms with van der Waals surface area (Å²) in [5.41, 5.74) is 8.60. The predicted molar refractivity (Wildman–Crippen MR) is 150 cm³/mol. The van der Waals surface area contributed by atoms with Crippen molar-refractivity contribution in [1.29, 1.82) is 0 Å². The first-order valence-electron chi connectivity index (χ1n) is 12.3. The normalized spacial score (nSPS) is 11.1. The van der Waals surface area contributed by atoms with Crippen LogP contribution >= 0.6 is 0 Å². The summed E-state index contributed by atoms with van der Waals surface area (Å²) in [5, 5.41) is 6.48. The second-order valence-corrected chi connectivity index (χ2v) is 9.17. The molecule has 2 aromatic heterocycles. The van der Waals surface area contributed by atoms with E-state index in [0.29, 0.717) is 23.7 Å². The van der Waals surface area contributed by atoms with Gasteiger partial charge in [-0.3, -0.25) is 9.59 Å². The fourth-order valence-electron chi connectivity index (χ4n) is 4.26. The van der Waals surface area contributed by atoms with E-state index < -0.39 is 5.97 Å². The Labute approximate surface area is 222 Å². The van der Waals surface area contributed by atoms with Crippen molar-refractivity contribution in [2.24, 2.45) is 0 Å². The number of carbonyl (C=O) groups is 2. The number of fused-ring (bicyclic) bond motifs is 1. The van der Waals surface area contributed by atoms with Crippen LogP contribution in [0, 0.1) is 27.7 Å². The highest BCUT2D eigenvalue weighted by molar-refractivity contribution is 6.02. The number of amides is 1. The van der Waals surface area contributed by atoms with Crippen molar-refractivity contribution in [3.8, 4) is 11.5 Å². The van der Waals surface area contributed by atoms with Crippen LogP contribution in [0.1, 0.15) is 40.6 Å². The molecule has 2 aromatic carbocycles. The first kappa shape index (κ1) is 26.5. The summed E-state index contributed by atoms with van der Waals surface area (Å²) in [6.07, 6.45) is 4.98. The van der Waals surface area contributed by atoms with Crippen LogP contribution in [0.4, 0.5) is 11.4 Å². The van der Waals surface area contributed by atoms with Gasteiger partial charge in [-0.2, -0.15) is 0 Å². The van der Waals surface area contributed by atoms with Crippen LogP contribution < -0.4 is 20.1 Å². The molecule has 0 atom stereocenters. The molecule has 0 aliphatic heterocycles. The first-order valence-corrected chi connectivity index (χ1v) is 12.3. The molecule has 0 fully saturated rings. The molecule has 0 spiro atoms. The third kappa shape index (κ3) is 5.86. The van der Waals surface area contributed by atoms with E-state index in [2.05, 4.69) is 42.7 Å². The van der Waals surface area contributed by atoms with Crippen LogP contribution in [0.2, 0.25) is 0 Å². The molecule has 2 heterocycles. The van der Waals surface area contributed by atoms with Gasteiger partial charge in [0.05, 0.1) is 24.2 Å². The van der Waals surface area contributed by atoms with E-state index in [0.717, 1.165) is 28.3 Å². The average Bonchev–Trinajstić information content (AvgIpc) is 3.16. The van der Waals surface area contributed by atoms with E-state index in [9.17, 15) is 9.59 Å². The highest BCUT2D eigenvalue weighted by atomic mass is 16.6. The maximum atomic E-state index is 12.8. The average molecular weight is 513 g/mol. The van der Waals surface area contributed by atoms with Crippen LogP contribution in [-0.2, 0) is 16.1 Å². The number of nitrogens with zero attached hydrogens (tertiary/aromatic N) is 2. The fourth-order valence-corrected chi connectivity index (χ4v) is 4.26. The molecule has 0 radical (unpaired) electrons. The lowest BCUT2D eigenvalue weighted by Gasteiger charge is -2.14. The first-order chi connectivity index (χ1) is 18.2. The quantitative estimate of drug-likeness (QED) is 0.177. The summed E-state index contributed by atoms with van der Waals surface area (Å²) in [5.74, 6) is -0.00249. The monoisotopic (exact) mass is 512 g/mol. The number of rotatable bonds is 8. The Hall–Kier alpha value is -4.59. The van der Waals surface area contributed by atoms with E-state index in [4.69, 9.17) is 14.5 Å². The van der Waals surface area contributed by atoms with Gasteiger partial charge < -0.3 is 24.5 Å². The number of imidazole rings is 1. The van der Waals surface area contributed by atoms with E-state index in [1.807, 2.05) is 30.5 Å². The number of benzene rings is 2. The third-order valence-corrected chi connectivity index (χ3v) is 6.43. The Morgan fingerprint density at radius 1 is 1.03 bits per heavy atom. The molecule has 4 rings (SSSR count). The summed E-state index contributed by atoms with van der Waals surface area (Å²) in [6.45, 7) is 10.1. The van der Waals surface area contributed by atoms with Crippen LogP contribution in [-0.4, -0.2) is 28.4 Å². The van der Waals surface area contributed by atoms with Gasteiger partial charge in [0.1, 0.15) is 0 Å². The number of esters is 1. The Balaban J connectivity index is 1.56. The van der Waals surface area contributed by atoms with Crippen molar-refractivity contribution < 1.29 is 19.1 Å². The number of hydrogen-bond donors (Lipinski definition) is 2. The van der Waals surface area contributed by atoms with Crippen LogP contribution in [0.5, 0.6) is 11.5 Å². The van der Waals surface area contributed by atoms with Gasteiger partial charge in [-0.05, 0) is 74.2 Å². The Bertz CT molecular complexity index is 1530. The van der Waals surface area contributed by atoms with E-state index >= 15 is 0 Å². The van der Waals surface area contributed by atoms with Gasteiger partial charge in [-0.25, -0.2) is 4.98 Å². The fraction of sp³-hybridized carbons (Fsp3) is 0.233. The molecule has 0 saturated carbocycles. The molecule has 0 saturated heterocycles. The van der Waals surface area contributed by atoms with Crippen LogP contribution in [0.3, 0.4) is 0 Å². The number of ether oxygens (including phenoxy) is 2. The van der Waals surface area contributed by atoms with E-state index in [1.54, 1.807) is 24.3 Å². The molecule has 0 aliphatic rings. The molecule has 0 unspecified atom stereocenters. The molecule has 8 nitrogen and oxygen atoms in total. The summed E-state index contributed by atoms with van der Waals surface area (Å²) in [4.78, 5) is 28.8. The lowest BCUT2D eigenvalue weighted by Crippen LogP contribution is -2.10. The maximum absolute atomic E-state index is 12.8. The predicted octanol–water partition coefficient (Wildman–Crippen LogP) is 5.77. The molecule has 38 heavy (non-hydrogen) atoms. The topological polar surface area (TPSA) is 94.0 Å². The Morgan fingerprint density at radius 2 is 1.76 bits per heavy atom. The van der Waals surface area contributed by atoms with Gasteiger partial charge >= 0.3 is 5.97 Å². The van der Waals surface area contributed by atoms with Crippen molar-refractivity contribution in [3.05, 3.63) is 88.4 Å². The summed E-state index contributed by atoms with van der Waals surface area (Å²) in [6, 6.07) is 13.2. The minimum absolute atomic E-state index is 0.289. The summed E-state index contributed by atoms with van der Waals surface area (Å²) < 4.78 is 12.4. The largest absolute Gasteiger partial charge is 0.493 e. The van der Waals surface area contributed by atoms with Gasteiger partial charge in [0.15, 0.2) is 17.1 Å². The maximum Gasteiger partial charge on any atom is 0.308 e. The Kier molecular flexibility index (Phi) is 7.81. The Morgan fingerprint density at radius 3 is 2.45 bits per heavy atom. The lowest BCUT2D eigenvalue weighted by molar-refractivity contribution is -0.132. The minimum Gasteiger partial charge on any atom is -0.493 e. The molecular weight excluding hydrogens is 480 g/mol. The highest BCUT2D eigenvalue weighted by Crippen LogP contribution is 2.29. The number of anilines is 2. The molecule has 4 aromatic rings. The number of hydrogen-bond acceptors (Lipinski definition) is 6. The third-order valence-electron chi connectivity index (χ3n) is 6.43. The van der Waals surface area contributed by atoms with Gasteiger partial charge in [0, 0.05) is 31.4 Å². The molecule has 8 heteroatoms. The summed E-state index contributed by atoms with van der Waals surface area (Å²) in [7, 11) is 1.49. The molecule has 0 aliphatic carbocycles. The SMILES string of the molecule is COc1cc(/C=C/C(=O)Nc2cc(NCc3c(C)cccc3C)c3nc(C)c(C)n3c2)ccc1OC(C)=O. The number of pyridine rings is 1. The number of aromatic nitrogens is 2. The van der Waals surface area contributed by atoms with Crippen molar-refractivity contribution in [3.63, 3.8) is 0 Å². The standard InChI is InChI=1S/C30H32N4O4/c1-18-8-7-9-19(2)25(18)16-31-26-15-24(17-34-21(4)20(3)32-30(26)34)33-29(36)13-11-23-10-12-27(38-22(5)35)28(14-23)37-6/h7-15,17,31H,16H2,1-6H3,(H,33,36)/b13-11+. The van der Waals surface area contributed by atoms with E-state index in [1.165, 1.54) is 36.8 Å². The van der Waals surface area contributed by atoms with Gasteiger partial charge in [0.2, 0.25) is 5.91 Å². The van der Waals surface area contributed by atoms with Crippen molar-refractivity contribution in [2.75, 3.05) is 17.7 Å². The highest BCUT2D eigenvalue weighted by Gasteiger charge is 2.13. The van der Waals surface area contributed by atoms with Gasteiger partial charge in [-0.15, -0.1) is 0 Å². The number of nitrogens with one attached hydrogen (secondary N) is 2.